The maximum atomic E-state index is 12.6. The Morgan fingerprint density at radius 1 is 0.931 bits per heavy atom. The summed E-state index contributed by atoms with van der Waals surface area (Å²) >= 11 is 3.31. The fourth-order valence-electron chi connectivity index (χ4n) is 3.45. The van der Waals surface area contributed by atoms with Crippen LogP contribution in [-0.4, -0.2) is 24.3 Å². The van der Waals surface area contributed by atoms with Gasteiger partial charge < -0.3 is 4.90 Å². The molecule has 0 bridgehead atoms. The number of hydrazine groups is 1. The lowest BCUT2D eigenvalue weighted by Crippen LogP contribution is -2.45. The molecule has 0 aliphatic carbocycles. The maximum Gasteiger partial charge on any atom is 0.269 e. The SMILES string of the molecule is O=C(NNC(=O)[C@H]1CC(=O)N(c2cccc3ccccc23)C1)c1ccc(Br)cc1. The predicted octanol–water partition coefficient (Wildman–Crippen LogP) is 3.42. The molecule has 0 spiro atoms. The molecule has 1 aliphatic heterocycles. The van der Waals surface area contributed by atoms with Crippen LogP contribution in [0.25, 0.3) is 10.8 Å². The molecule has 29 heavy (non-hydrogen) atoms. The zero-order valence-corrected chi connectivity index (χ0v) is 17.0. The summed E-state index contributed by atoms with van der Waals surface area (Å²) in [5.41, 5.74) is 6.07. The summed E-state index contributed by atoms with van der Waals surface area (Å²) in [5, 5.41) is 2.00. The van der Waals surface area contributed by atoms with Crippen LogP contribution in [0.4, 0.5) is 5.69 Å². The normalized spacial score (nSPS) is 16.1. The Morgan fingerprint density at radius 2 is 1.66 bits per heavy atom. The fraction of sp³-hybridized carbons (Fsp3) is 0.136. The molecular weight excluding hydrogens is 434 g/mol. The van der Waals surface area contributed by atoms with Crippen molar-refractivity contribution in [1.29, 1.82) is 0 Å². The number of nitrogens with one attached hydrogen (secondary N) is 2. The summed E-state index contributed by atoms with van der Waals surface area (Å²) in [4.78, 5) is 38.9. The monoisotopic (exact) mass is 451 g/mol. The molecule has 1 aliphatic rings. The molecular formula is C22H18BrN3O3. The van der Waals surface area contributed by atoms with Gasteiger partial charge in [-0.25, -0.2) is 0 Å². The van der Waals surface area contributed by atoms with E-state index >= 15 is 0 Å². The first-order chi connectivity index (χ1) is 14.0. The highest BCUT2D eigenvalue weighted by Crippen LogP contribution is 2.31. The summed E-state index contributed by atoms with van der Waals surface area (Å²) in [7, 11) is 0. The number of amides is 3. The zero-order chi connectivity index (χ0) is 20.4. The van der Waals surface area contributed by atoms with Gasteiger partial charge >= 0.3 is 0 Å². The number of hydrogen-bond acceptors (Lipinski definition) is 3. The van der Waals surface area contributed by atoms with Crippen molar-refractivity contribution in [2.24, 2.45) is 5.92 Å². The Balaban J connectivity index is 1.43. The van der Waals surface area contributed by atoms with Crippen molar-refractivity contribution in [3.63, 3.8) is 0 Å². The molecule has 1 fully saturated rings. The molecule has 7 heteroatoms. The van der Waals surface area contributed by atoms with Crippen LogP contribution in [0, 0.1) is 5.92 Å². The zero-order valence-electron chi connectivity index (χ0n) is 15.4. The predicted molar refractivity (Wildman–Crippen MR) is 114 cm³/mol. The van der Waals surface area contributed by atoms with Crippen molar-refractivity contribution in [2.75, 3.05) is 11.4 Å². The number of halogens is 1. The van der Waals surface area contributed by atoms with E-state index in [1.165, 1.54) is 0 Å². The third-order valence-corrected chi connectivity index (χ3v) is 5.49. The van der Waals surface area contributed by atoms with Gasteiger partial charge in [0.05, 0.1) is 11.6 Å². The van der Waals surface area contributed by atoms with Crippen molar-refractivity contribution < 1.29 is 14.4 Å². The molecule has 3 aromatic rings. The first-order valence-corrected chi connectivity index (χ1v) is 9.96. The van der Waals surface area contributed by atoms with Crippen molar-refractivity contribution >= 4 is 50.1 Å². The number of nitrogens with zero attached hydrogens (tertiary/aromatic N) is 1. The van der Waals surface area contributed by atoms with Crippen molar-refractivity contribution in [3.8, 4) is 0 Å². The summed E-state index contributed by atoms with van der Waals surface area (Å²) in [6.45, 7) is 0.271. The van der Waals surface area contributed by atoms with E-state index < -0.39 is 11.8 Å². The number of benzene rings is 3. The highest BCUT2D eigenvalue weighted by Gasteiger charge is 2.35. The Hall–Kier alpha value is -3.19. The maximum absolute atomic E-state index is 12.6. The van der Waals surface area contributed by atoms with Gasteiger partial charge in [0.25, 0.3) is 5.91 Å². The molecule has 1 atom stereocenters. The molecule has 1 saturated heterocycles. The van der Waals surface area contributed by atoms with Crippen LogP contribution in [-0.2, 0) is 9.59 Å². The van der Waals surface area contributed by atoms with E-state index in [0.29, 0.717) is 5.56 Å². The number of anilines is 1. The van der Waals surface area contributed by atoms with Gasteiger partial charge in [-0.15, -0.1) is 0 Å². The molecule has 3 amide bonds. The Kier molecular flexibility index (Phi) is 5.31. The van der Waals surface area contributed by atoms with Gasteiger partial charge in [0, 0.05) is 28.4 Å². The van der Waals surface area contributed by atoms with Crippen molar-refractivity contribution in [1.82, 2.24) is 10.9 Å². The third kappa shape index (κ3) is 4.00. The second kappa shape index (κ2) is 8.05. The minimum atomic E-state index is -0.535. The lowest BCUT2D eigenvalue weighted by Gasteiger charge is -2.19. The van der Waals surface area contributed by atoms with E-state index in [9.17, 15) is 14.4 Å². The van der Waals surface area contributed by atoms with Gasteiger partial charge in [0.2, 0.25) is 11.8 Å². The highest BCUT2D eigenvalue weighted by molar-refractivity contribution is 9.10. The molecule has 3 aromatic carbocycles. The molecule has 0 unspecified atom stereocenters. The molecule has 6 nitrogen and oxygen atoms in total. The average molecular weight is 452 g/mol. The van der Waals surface area contributed by atoms with E-state index in [1.807, 2.05) is 42.5 Å². The smallest absolute Gasteiger partial charge is 0.269 e. The second-order valence-corrected chi connectivity index (χ2v) is 7.77. The summed E-state index contributed by atoms with van der Waals surface area (Å²) in [6, 6.07) is 20.4. The standard InChI is InChI=1S/C22H18BrN3O3/c23-17-10-8-15(9-11-17)21(28)24-25-22(29)16-12-20(27)26(13-16)19-7-3-5-14-4-1-2-6-18(14)19/h1-11,16H,12-13H2,(H,24,28)(H,25,29)/t16-/m0/s1. The minimum Gasteiger partial charge on any atom is -0.311 e. The summed E-state index contributed by atoms with van der Waals surface area (Å²) in [6.07, 6.45) is 0.100. The largest absolute Gasteiger partial charge is 0.311 e. The van der Waals surface area contributed by atoms with Gasteiger partial charge in [-0.2, -0.15) is 0 Å². The van der Waals surface area contributed by atoms with Crippen LogP contribution in [0.1, 0.15) is 16.8 Å². The molecule has 0 saturated carbocycles. The highest BCUT2D eigenvalue weighted by atomic mass is 79.9. The van der Waals surface area contributed by atoms with Crippen molar-refractivity contribution in [2.45, 2.75) is 6.42 Å². The average Bonchev–Trinajstić information content (AvgIpc) is 3.13. The van der Waals surface area contributed by atoms with Crippen LogP contribution < -0.4 is 15.8 Å². The molecule has 2 N–H and O–H groups in total. The summed E-state index contributed by atoms with van der Waals surface area (Å²) in [5.74, 6) is -1.44. The van der Waals surface area contributed by atoms with Crippen LogP contribution in [0.2, 0.25) is 0 Å². The molecule has 146 valence electrons. The van der Waals surface area contributed by atoms with Gasteiger partial charge in [0.1, 0.15) is 0 Å². The van der Waals surface area contributed by atoms with E-state index in [-0.39, 0.29) is 24.8 Å². The third-order valence-electron chi connectivity index (χ3n) is 4.96. The number of rotatable bonds is 3. The Bertz CT molecular complexity index is 1090. The van der Waals surface area contributed by atoms with Gasteiger partial charge in [-0.1, -0.05) is 52.3 Å². The number of carbonyl (C=O) groups excluding carboxylic acids is 3. The number of carbonyl (C=O) groups is 3. The van der Waals surface area contributed by atoms with Gasteiger partial charge in [-0.3, -0.25) is 25.2 Å². The fourth-order valence-corrected chi connectivity index (χ4v) is 3.72. The number of fused-ring (bicyclic) bond motifs is 1. The molecule has 0 aromatic heterocycles. The number of hydrogen-bond donors (Lipinski definition) is 2. The van der Waals surface area contributed by atoms with E-state index in [1.54, 1.807) is 29.2 Å². The Morgan fingerprint density at radius 3 is 2.45 bits per heavy atom. The van der Waals surface area contributed by atoms with Crippen LogP contribution in [0.15, 0.2) is 71.2 Å². The first-order valence-electron chi connectivity index (χ1n) is 9.17. The van der Waals surface area contributed by atoms with Crippen LogP contribution in [0.5, 0.6) is 0 Å². The lowest BCUT2D eigenvalue weighted by atomic mass is 10.1. The second-order valence-electron chi connectivity index (χ2n) is 6.85. The van der Waals surface area contributed by atoms with E-state index in [4.69, 9.17) is 0 Å². The lowest BCUT2D eigenvalue weighted by molar-refractivity contribution is -0.126. The van der Waals surface area contributed by atoms with Gasteiger partial charge in [0.15, 0.2) is 0 Å². The molecule has 1 heterocycles. The topological polar surface area (TPSA) is 78.5 Å². The van der Waals surface area contributed by atoms with Gasteiger partial charge in [-0.05, 0) is 35.7 Å². The van der Waals surface area contributed by atoms with Crippen molar-refractivity contribution in [3.05, 3.63) is 76.8 Å². The van der Waals surface area contributed by atoms with E-state index in [2.05, 4.69) is 26.8 Å². The Labute approximate surface area is 176 Å². The van der Waals surface area contributed by atoms with E-state index in [0.717, 1.165) is 20.9 Å². The molecule has 4 rings (SSSR count). The summed E-state index contributed by atoms with van der Waals surface area (Å²) < 4.78 is 0.857. The first kappa shape index (κ1) is 19.1. The quantitative estimate of drug-likeness (QED) is 0.598. The van der Waals surface area contributed by atoms with Crippen LogP contribution in [0.3, 0.4) is 0 Å². The molecule has 0 radical (unpaired) electrons. The minimum absolute atomic E-state index is 0.100. The van der Waals surface area contributed by atoms with Crippen LogP contribution >= 0.6 is 15.9 Å².